The predicted molar refractivity (Wildman–Crippen MR) is 98.3 cm³/mol. The minimum absolute atomic E-state index is 0.0248. The summed E-state index contributed by atoms with van der Waals surface area (Å²) >= 11 is 0. The van der Waals surface area contributed by atoms with Gasteiger partial charge in [-0.1, -0.05) is 64.9 Å². The molecule has 3 heteroatoms. The molecular formula is C19H24NOP. The lowest BCUT2D eigenvalue weighted by atomic mass is 9.92. The zero-order valence-corrected chi connectivity index (χ0v) is 14.5. The minimum atomic E-state index is -0.0248. The number of rotatable bonds is 6. The first-order valence-electron chi connectivity index (χ1n) is 7.74. The van der Waals surface area contributed by atoms with Crippen molar-refractivity contribution in [3.63, 3.8) is 0 Å². The van der Waals surface area contributed by atoms with Crippen molar-refractivity contribution in [1.82, 2.24) is 0 Å². The van der Waals surface area contributed by atoms with Crippen molar-refractivity contribution in [3.05, 3.63) is 59.7 Å². The molecule has 0 fully saturated rings. The van der Waals surface area contributed by atoms with Gasteiger partial charge in [-0.05, 0) is 29.8 Å². The summed E-state index contributed by atoms with van der Waals surface area (Å²) in [5.74, 6) is 0.403. The Kier molecular flexibility index (Phi) is 5.74. The Morgan fingerprint density at radius 2 is 1.68 bits per heavy atom. The lowest BCUT2D eigenvalue weighted by molar-refractivity contribution is 0.448. The van der Waals surface area contributed by atoms with Gasteiger partial charge >= 0.3 is 0 Å². The van der Waals surface area contributed by atoms with Crippen molar-refractivity contribution in [2.24, 2.45) is 4.99 Å². The molecule has 0 radical (unpaired) electrons. The predicted octanol–water partition coefficient (Wildman–Crippen LogP) is 4.46. The van der Waals surface area contributed by atoms with Crippen LogP contribution in [0, 0.1) is 0 Å². The molecule has 0 amide bonds. The fraction of sp³-hybridized carbons (Fsp3) is 0.316. The Morgan fingerprint density at radius 3 is 2.32 bits per heavy atom. The van der Waals surface area contributed by atoms with Gasteiger partial charge < -0.3 is 5.11 Å². The summed E-state index contributed by atoms with van der Waals surface area (Å²) in [6.07, 6.45) is 3.91. The number of nitrogens with zero attached hydrogens (tertiary/aromatic N) is 1. The molecule has 0 saturated heterocycles. The number of para-hydroxylation sites is 1. The molecule has 1 atom stereocenters. The number of hydrogen-bond acceptors (Lipinski definition) is 2. The van der Waals surface area contributed by atoms with Crippen LogP contribution in [0.1, 0.15) is 37.8 Å². The van der Waals surface area contributed by atoms with Crippen LogP contribution in [0.2, 0.25) is 0 Å². The number of aromatic hydroxyl groups is 1. The molecule has 0 bridgehead atoms. The van der Waals surface area contributed by atoms with Gasteiger partial charge in [0.15, 0.2) is 0 Å². The zero-order chi connectivity index (χ0) is 16.0. The van der Waals surface area contributed by atoms with E-state index in [1.165, 1.54) is 10.9 Å². The van der Waals surface area contributed by atoms with Crippen LogP contribution in [0.5, 0.6) is 5.75 Å². The van der Waals surface area contributed by atoms with E-state index in [2.05, 4.69) is 43.1 Å². The Hall–Kier alpha value is -1.66. The Balaban J connectivity index is 2.48. The average Bonchev–Trinajstić information content (AvgIpc) is 2.55. The smallest absolute Gasteiger partial charge is 0.119 e. The molecule has 0 aliphatic carbocycles. The first kappa shape index (κ1) is 16.7. The lowest BCUT2D eigenvalue weighted by Gasteiger charge is -2.33. The van der Waals surface area contributed by atoms with Gasteiger partial charge in [-0.15, -0.1) is 0 Å². The van der Waals surface area contributed by atoms with Crippen molar-refractivity contribution in [3.8, 4) is 5.75 Å². The van der Waals surface area contributed by atoms with Crippen LogP contribution in [0.25, 0.3) is 0 Å². The second-order valence-electron chi connectivity index (χ2n) is 5.41. The van der Waals surface area contributed by atoms with E-state index in [1.54, 1.807) is 13.1 Å². The molecule has 2 aromatic carbocycles. The van der Waals surface area contributed by atoms with Gasteiger partial charge in [0, 0.05) is 24.0 Å². The van der Waals surface area contributed by atoms with Crippen molar-refractivity contribution >= 4 is 20.1 Å². The zero-order valence-electron chi connectivity index (χ0n) is 13.5. The second-order valence-corrected chi connectivity index (χ2v) is 7.15. The average molecular weight is 313 g/mol. The van der Waals surface area contributed by atoms with Crippen LogP contribution >= 0.6 is 8.58 Å². The topological polar surface area (TPSA) is 32.6 Å². The van der Waals surface area contributed by atoms with Crippen LogP contribution in [-0.4, -0.2) is 18.4 Å². The van der Waals surface area contributed by atoms with Gasteiger partial charge in [0.05, 0.1) is 0 Å². The number of phenolic OH excluding ortho intramolecular Hbond substituents is 1. The van der Waals surface area contributed by atoms with E-state index in [9.17, 15) is 5.11 Å². The monoisotopic (exact) mass is 313 g/mol. The highest BCUT2D eigenvalue weighted by atomic mass is 31.1. The van der Waals surface area contributed by atoms with Crippen LogP contribution in [0.15, 0.2) is 53.5 Å². The third-order valence-corrected chi connectivity index (χ3v) is 6.41. The summed E-state index contributed by atoms with van der Waals surface area (Å²) in [5.41, 5.74) is 2.23. The molecule has 1 N–H and O–H groups in total. The summed E-state index contributed by atoms with van der Waals surface area (Å²) in [4.78, 5) is 4.17. The number of hydrogen-bond donors (Lipinski definition) is 1. The Bertz CT molecular complexity index is 647. The summed E-state index contributed by atoms with van der Waals surface area (Å²) < 4.78 is 0. The van der Waals surface area contributed by atoms with Gasteiger partial charge in [-0.2, -0.15) is 0 Å². The number of benzene rings is 2. The maximum absolute atomic E-state index is 10.3. The number of aliphatic imine (C=N–C) groups is 1. The largest absolute Gasteiger partial charge is 0.508 e. The normalized spacial score (nSPS) is 12.5. The van der Waals surface area contributed by atoms with Crippen LogP contribution in [0.3, 0.4) is 0 Å². The molecule has 0 aromatic heterocycles. The van der Waals surface area contributed by atoms with E-state index in [1.807, 2.05) is 24.4 Å². The first-order valence-corrected chi connectivity index (χ1v) is 8.74. The van der Waals surface area contributed by atoms with E-state index in [4.69, 9.17) is 0 Å². The minimum Gasteiger partial charge on any atom is -0.508 e. The summed E-state index contributed by atoms with van der Waals surface area (Å²) in [6.45, 7) is 4.42. The van der Waals surface area contributed by atoms with E-state index < -0.39 is 0 Å². The first-order chi connectivity index (χ1) is 10.7. The standard InChI is InChI=1S/C19H24NOP/c1-4-19(5-2,16-11-7-8-12-17(16)21)22-18-13-9-6-10-15(18)14-20-3/h6-14,21-22H,4-5H2,1-3H3/b20-14+. The number of phenols is 1. The van der Waals surface area contributed by atoms with Gasteiger partial charge in [0.2, 0.25) is 0 Å². The highest BCUT2D eigenvalue weighted by Crippen LogP contribution is 2.49. The summed E-state index contributed by atoms with van der Waals surface area (Å²) in [6, 6.07) is 16.2. The molecule has 1 unspecified atom stereocenters. The Morgan fingerprint density at radius 1 is 1.05 bits per heavy atom. The molecule has 22 heavy (non-hydrogen) atoms. The third kappa shape index (κ3) is 3.39. The fourth-order valence-electron chi connectivity index (χ4n) is 2.87. The summed E-state index contributed by atoms with van der Waals surface area (Å²) in [7, 11) is 2.40. The van der Waals surface area contributed by atoms with Crippen LogP contribution in [0.4, 0.5) is 0 Å². The lowest BCUT2D eigenvalue weighted by Crippen LogP contribution is -2.23. The molecule has 2 nitrogen and oxygen atoms in total. The molecular weight excluding hydrogens is 289 g/mol. The van der Waals surface area contributed by atoms with E-state index in [-0.39, 0.29) is 5.16 Å². The van der Waals surface area contributed by atoms with Crippen molar-refractivity contribution < 1.29 is 5.11 Å². The van der Waals surface area contributed by atoms with Crippen LogP contribution in [-0.2, 0) is 5.16 Å². The molecule has 116 valence electrons. The van der Waals surface area contributed by atoms with E-state index in [0.29, 0.717) is 14.3 Å². The highest BCUT2D eigenvalue weighted by molar-refractivity contribution is 7.48. The van der Waals surface area contributed by atoms with Crippen molar-refractivity contribution in [2.75, 3.05) is 7.05 Å². The molecule has 2 rings (SSSR count). The van der Waals surface area contributed by atoms with E-state index in [0.717, 1.165) is 18.4 Å². The maximum Gasteiger partial charge on any atom is 0.119 e. The third-order valence-electron chi connectivity index (χ3n) is 4.23. The van der Waals surface area contributed by atoms with Crippen LogP contribution < -0.4 is 5.30 Å². The van der Waals surface area contributed by atoms with E-state index >= 15 is 0 Å². The van der Waals surface area contributed by atoms with Gasteiger partial charge in [0.1, 0.15) is 5.75 Å². The molecule has 0 aliphatic rings. The quantitative estimate of drug-likeness (QED) is 0.620. The van der Waals surface area contributed by atoms with Gasteiger partial charge in [-0.25, -0.2) is 0 Å². The SMILES string of the molecule is CCC(CC)(Pc1ccccc1/C=N/C)c1ccccc1O. The van der Waals surface area contributed by atoms with Crippen molar-refractivity contribution in [2.45, 2.75) is 31.8 Å². The maximum atomic E-state index is 10.3. The highest BCUT2D eigenvalue weighted by Gasteiger charge is 2.31. The molecule has 0 saturated carbocycles. The van der Waals surface area contributed by atoms with Gasteiger partial charge in [-0.3, -0.25) is 4.99 Å². The van der Waals surface area contributed by atoms with Crippen molar-refractivity contribution in [1.29, 1.82) is 0 Å². The molecule has 0 heterocycles. The molecule has 0 aliphatic heterocycles. The molecule has 2 aromatic rings. The fourth-order valence-corrected chi connectivity index (χ4v) is 4.56. The molecule has 0 spiro atoms. The Labute approximate surface area is 135 Å². The summed E-state index contributed by atoms with van der Waals surface area (Å²) in [5, 5.41) is 11.6. The second kappa shape index (κ2) is 7.56. The van der Waals surface area contributed by atoms with Gasteiger partial charge in [0.25, 0.3) is 0 Å².